The van der Waals surface area contributed by atoms with Crippen LogP contribution in [0.15, 0.2) is 12.1 Å². The van der Waals surface area contributed by atoms with E-state index in [-0.39, 0.29) is 5.91 Å². The molecule has 0 saturated carbocycles. The Kier molecular flexibility index (Phi) is 6.11. The van der Waals surface area contributed by atoms with Crippen molar-refractivity contribution in [1.82, 2.24) is 10.2 Å². The zero-order chi connectivity index (χ0) is 15.2. The van der Waals surface area contributed by atoms with Crippen molar-refractivity contribution < 1.29 is 14.3 Å². The molecule has 5 nitrogen and oxygen atoms in total. The highest BCUT2D eigenvalue weighted by atomic mass is 35.5. The van der Waals surface area contributed by atoms with E-state index in [9.17, 15) is 4.79 Å². The molecular weight excluding hydrogens is 315 g/mol. The van der Waals surface area contributed by atoms with Crippen LogP contribution in [0.5, 0.6) is 5.75 Å². The van der Waals surface area contributed by atoms with Gasteiger partial charge in [-0.3, -0.25) is 9.69 Å². The fourth-order valence-corrected chi connectivity index (χ4v) is 2.78. The maximum absolute atomic E-state index is 12.1. The van der Waals surface area contributed by atoms with Gasteiger partial charge in [0.2, 0.25) is 0 Å². The van der Waals surface area contributed by atoms with Crippen LogP contribution < -0.4 is 10.1 Å². The van der Waals surface area contributed by atoms with Crippen LogP contribution in [0.2, 0.25) is 10.0 Å². The molecule has 2 rings (SSSR count). The average molecular weight is 333 g/mol. The van der Waals surface area contributed by atoms with Crippen LogP contribution >= 0.6 is 23.2 Å². The Morgan fingerprint density at radius 2 is 1.95 bits per heavy atom. The van der Waals surface area contributed by atoms with Gasteiger partial charge >= 0.3 is 0 Å². The molecule has 1 saturated heterocycles. The second-order valence-electron chi connectivity index (χ2n) is 4.68. The van der Waals surface area contributed by atoms with Gasteiger partial charge in [0.25, 0.3) is 5.91 Å². The normalized spacial score (nSPS) is 15.8. The average Bonchev–Trinajstić information content (AvgIpc) is 2.48. The molecule has 116 valence electrons. The fraction of sp³-hybridized carbons (Fsp3) is 0.500. The highest BCUT2D eigenvalue weighted by molar-refractivity contribution is 6.37. The first kappa shape index (κ1) is 16.4. The molecule has 0 radical (unpaired) electrons. The lowest BCUT2D eigenvalue weighted by Crippen LogP contribution is -2.41. The van der Waals surface area contributed by atoms with Crippen molar-refractivity contribution in [1.29, 1.82) is 0 Å². The van der Waals surface area contributed by atoms with E-state index in [0.717, 1.165) is 32.8 Å². The Bertz CT molecular complexity index is 482. The summed E-state index contributed by atoms with van der Waals surface area (Å²) in [5.74, 6) is 0.179. The van der Waals surface area contributed by atoms with E-state index < -0.39 is 0 Å². The third-order valence-corrected chi connectivity index (χ3v) is 3.84. The minimum absolute atomic E-state index is 0.199. The molecule has 1 fully saturated rings. The van der Waals surface area contributed by atoms with Crippen molar-refractivity contribution in [3.63, 3.8) is 0 Å². The Morgan fingerprint density at radius 1 is 1.33 bits per heavy atom. The highest BCUT2D eigenvalue weighted by Gasteiger charge is 2.14. The quantitative estimate of drug-likeness (QED) is 0.896. The summed E-state index contributed by atoms with van der Waals surface area (Å²) in [6.45, 7) is 4.66. The molecule has 1 N–H and O–H groups in total. The van der Waals surface area contributed by atoms with Crippen molar-refractivity contribution >= 4 is 29.1 Å². The van der Waals surface area contributed by atoms with Crippen LogP contribution in [-0.4, -0.2) is 57.3 Å². The summed E-state index contributed by atoms with van der Waals surface area (Å²) in [6, 6.07) is 3.10. The molecule has 0 bridgehead atoms. The standard InChI is InChI=1S/C14H18Cl2N2O3/c1-20-13-11(15)8-10(9-12(13)16)14(19)17-2-3-18-4-6-21-7-5-18/h8-9H,2-7H2,1H3,(H,17,19). The highest BCUT2D eigenvalue weighted by Crippen LogP contribution is 2.33. The van der Waals surface area contributed by atoms with Crippen molar-refractivity contribution in [2.75, 3.05) is 46.5 Å². The van der Waals surface area contributed by atoms with Crippen LogP contribution in [0.25, 0.3) is 0 Å². The summed E-state index contributed by atoms with van der Waals surface area (Å²) in [6.07, 6.45) is 0. The van der Waals surface area contributed by atoms with Crippen molar-refractivity contribution in [3.8, 4) is 5.75 Å². The summed E-state index contributed by atoms with van der Waals surface area (Å²) in [4.78, 5) is 14.3. The summed E-state index contributed by atoms with van der Waals surface area (Å²) < 4.78 is 10.3. The van der Waals surface area contributed by atoms with E-state index in [4.69, 9.17) is 32.7 Å². The van der Waals surface area contributed by atoms with Gasteiger partial charge in [-0.05, 0) is 12.1 Å². The van der Waals surface area contributed by atoms with Gasteiger partial charge in [0, 0.05) is 31.7 Å². The lowest BCUT2D eigenvalue weighted by Gasteiger charge is -2.26. The first-order valence-electron chi connectivity index (χ1n) is 6.73. The minimum atomic E-state index is -0.199. The van der Waals surface area contributed by atoms with E-state index in [1.165, 1.54) is 7.11 Å². The number of benzene rings is 1. The third-order valence-electron chi connectivity index (χ3n) is 3.28. The molecule has 1 aliphatic rings. The van der Waals surface area contributed by atoms with Crippen LogP contribution in [-0.2, 0) is 4.74 Å². The number of carbonyl (C=O) groups is 1. The van der Waals surface area contributed by atoms with Gasteiger partial charge in [-0.25, -0.2) is 0 Å². The number of halogens is 2. The number of nitrogens with zero attached hydrogens (tertiary/aromatic N) is 1. The van der Waals surface area contributed by atoms with E-state index >= 15 is 0 Å². The fourth-order valence-electron chi connectivity index (χ4n) is 2.14. The third kappa shape index (κ3) is 4.48. The van der Waals surface area contributed by atoms with E-state index in [1.807, 2.05) is 0 Å². The zero-order valence-corrected chi connectivity index (χ0v) is 13.3. The first-order valence-corrected chi connectivity index (χ1v) is 7.48. The number of hydrogen-bond donors (Lipinski definition) is 1. The minimum Gasteiger partial charge on any atom is -0.494 e. The van der Waals surface area contributed by atoms with E-state index in [1.54, 1.807) is 12.1 Å². The molecule has 0 atom stereocenters. The van der Waals surface area contributed by atoms with Crippen LogP contribution in [0, 0.1) is 0 Å². The SMILES string of the molecule is COc1c(Cl)cc(C(=O)NCCN2CCOCC2)cc1Cl. The maximum atomic E-state index is 12.1. The van der Waals surface area contributed by atoms with Crippen LogP contribution in [0.1, 0.15) is 10.4 Å². The smallest absolute Gasteiger partial charge is 0.251 e. The van der Waals surface area contributed by atoms with E-state index in [2.05, 4.69) is 10.2 Å². The van der Waals surface area contributed by atoms with Gasteiger partial charge in [-0.15, -0.1) is 0 Å². The maximum Gasteiger partial charge on any atom is 0.251 e. The predicted octanol–water partition coefficient (Wildman–Crippen LogP) is 2.06. The van der Waals surface area contributed by atoms with Crippen LogP contribution in [0.4, 0.5) is 0 Å². The number of hydrogen-bond acceptors (Lipinski definition) is 4. The molecule has 0 spiro atoms. The zero-order valence-electron chi connectivity index (χ0n) is 11.8. The van der Waals surface area contributed by atoms with Crippen molar-refractivity contribution in [2.24, 2.45) is 0 Å². The number of nitrogens with one attached hydrogen (secondary N) is 1. The van der Waals surface area contributed by atoms with Crippen molar-refractivity contribution in [3.05, 3.63) is 27.7 Å². The predicted molar refractivity (Wildman–Crippen MR) is 82.6 cm³/mol. The lowest BCUT2D eigenvalue weighted by atomic mass is 10.2. The van der Waals surface area contributed by atoms with Crippen LogP contribution in [0.3, 0.4) is 0 Å². The molecule has 1 aliphatic heterocycles. The first-order chi connectivity index (χ1) is 10.1. The summed E-state index contributed by atoms with van der Waals surface area (Å²) in [5.41, 5.74) is 0.424. The van der Waals surface area contributed by atoms with Gasteiger partial charge in [-0.2, -0.15) is 0 Å². The molecule has 0 aromatic heterocycles. The molecule has 1 amide bonds. The Hall–Kier alpha value is -1.01. The molecule has 1 heterocycles. The van der Waals surface area contributed by atoms with Gasteiger partial charge < -0.3 is 14.8 Å². The summed E-state index contributed by atoms with van der Waals surface area (Å²) in [7, 11) is 1.48. The molecule has 21 heavy (non-hydrogen) atoms. The van der Waals surface area contributed by atoms with Gasteiger partial charge in [0.05, 0.1) is 30.4 Å². The summed E-state index contributed by atoms with van der Waals surface area (Å²) >= 11 is 12.0. The number of morpholine rings is 1. The summed E-state index contributed by atoms with van der Waals surface area (Å²) in [5, 5.41) is 3.50. The molecule has 1 aromatic carbocycles. The lowest BCUT2D eigenvalue weighted by molar-refractivity contribution is 0.0383. The van der Waals surface area contributed by atoms with E-state index in [0.29, 0.717) is 27.9 Å². The molecule has 7 heteroatoms. The Labute approximate surface area is 134 Å². The number of carbonyl (C=O) groups excluding carboxylic acids is 1. The second kappa shape index (κ2) is 7.84. The largest absolute Gasteiger partial charge is 0.494 e. The molecular formula is C14H18Cl2N2O3. The second-order valence-corrected chi connectivity index (χ2v) is 5.50. The Balaban J connectivity index is 1.88. The monoisotopic (exact) mass is 332 g/mol. The van der Waals surface area contributed by atoms with Gasteiger partial charge in [0.1, 0.15) is 0 Å². The number of ether oxygens (including phenoxy) is 2. The number of rotatable bonds is 5. The molecule has 0 unspecified atom stereocenters. The molecule has 0 aliphatic carbocycles. The van der Waals surface area contributed by atoms with Gasteiger partial charge in [0.15, 0.2) is 5.75 Å². The van der Waals surface area contributed by atoms with Crippen molar-refractivity contribution in [2.45, 2.75) is 0 Å². The Morgan fingerprint density at radius 3 is 2.52 bits per heavy atom. The number of methoxy groups -OCH3 is 1. The topological polar surface area (TPSA) is 50.8 Å². The number of amides is 1. The van der Waals surface area contributed by atoms with Gasteiger partial charge in [-0.1, -0.05) is 23.2 Å². The molecule has 1 aromatic rings.